The van der Waals surface area contributed by atoms with Crippen LogP contribution < -0.4 is 0 Å². The van der Waals surface area contributed by atoms with Crippen LogP contribution in [0.1, 0.15) is 24.7 Å². The van der Waals surface area contributed by atoms with Crippen LogP contribution in [0.4, 0.5) is 0 Å². The number of aromatic nitrogens is 2. The summed E-state index contributed by atoms with van der Waals surface area (Å²) in [7, 11) is 0.369. The summed E-state index contributed by atoms with van der Waals surface area (Å²) in [5.41, 5.74) is 1.65. The van der Waals surface area contributed by atoms with E-state index in [1.807, 2.05) is 13.0 Å². The number of carbonyl (C=O) groups is 1. The van der Waals surface area contributed by atoms with E-state index >= 15 is 0 Å². The molecule has 6 heteroatoms. The number of carboxylic acids is 1. The highest BCUT2D eigenvalue weighted by Gasteiger charge is 2.23. The predicted molar refractivity (Wildman–Crippen MR) is 61.5 cm³/mol. The molecular weight excluding hydrogens is 228 g/mol. The number of aliphatic carboxylic acids is 1. The first kappa shape index (κ1) is 12.9. The van der Waals surface area contributed by atoms with Gasteiger partial charge in [0.15, 0.2) is 0 Å². The molecule has 5 nitrogen and oxygen atoms in total. The van der Waals surface area contributed by atoms with Crippen molar-refractivity contribution >= 4 is 16.8 Å². The molecule has 2 unspecified atom stereocenters. The summed E-state index contributed by atoms with van der Waals surface area (Å²) >= 11 is 0. The standard InChI is InChI=1S/C10H16N2O3S/c1-4-9(10(13)14)16(15)6-8-5-7(2)11-12(8)3/h5,9H,4,6H2,1-3H3,(H,13,14). The van der Waals surface area contributed by atoms with Crippen molar-refractivity contribution in [1.29, 1.82) is 0 Å². The molecule has 0 fully saturated rings. The van der Waals surface area contributed by atoms with Crippen molar-refractivity contribution in [2.75, 3.05) is 0 Å². The monoisotopic (exact) mass is 244 g/mol. The van der Waals surface area contributed by atoms with Crippen LogP contribution in [0.5, 0.6) is 0 Å². The van der Waals surface area contributed by atoms with E-state index in [2.05, 4.69) is 5.10 Å². The average molecular weight is 244 g/mol. The maximum absolute atomic E-state index is 11.8. The zero-order valence-corrected chi connectivity index (χ0v) is 10.5. The fourth-order valence-electron chi connectivity index (χ4n) is 1.52. The molecule has 1 rings (SSSR count). The van der Waals surface area contributed by atoms with E-state index in [-0.39, 0.29) is 5.75 Å². The molecule has 0 bridgehead atoms. The van der Waals surface area contributed by atoms with Crippen LogP contribution in [0.3, 0.4) is 0 Å². The Morgan fingerprint density at radius 3 is 2.69 bits per heavy atom. The summed E-state index contributed by atoms with van der Waals surface area (Å²) < 4.78 is 13.5. The fraction of sp³-hybridized carbons (Fsp3) is 0.600. The maximum Gasteiger partial charge on any atom is 0.319 e. The van der Waals surface area contributed by atoms with Gasteiger partial charge < -0.3 is 5.11 Å². The van der Waals surface area contributed by atoms with Gasteiger partial charge in [0.05, 0.1) is 17.1 Å². The Morgan fingerprint density at radius 2 is 2.31 bits per heavy atom. The van der Waals surface area contributed by atoms with Gasteiger partial charge in [-0.1, -0.05) is 6.92 Å². The van der Waals surface area contributed by atoms with E-state index in [1.54, 1.807) is 18.7 Å². The first-order valence-corrected chi connectivity index (χ1v) is 6.43. The van der Waals surface area contributed by atoms with Gasteiger partial charge in [-0.2, -0.15) is 5.10 Å². The molecule has 0 radical (unpaired) electrons. The molecule has 1 aromatic rings. The lowest BCUT2D eigenvalue weighted by molar-refractivity contribution is -0.136. The molecule has 0 aliphatic heterocycles. The SMILES string of the molecule is CCC(C(=O)O)S(=O)Cc1cc(C)nn1C. The lowest BCUT2D eigenvalue weighted by Gasteiger charge is -2.09. The average Bonchev–Trinajstić information content (AvgIpc) is 2.45. The first-order chi connectivity index (χ1) is 7.45. The molecule has 0 amide bonds. The van der Waals surface area contributed by atoms with E-state index in [4.69, 9.17) is 5.11 Å². The second-order valence-electron chi connectivity index (χ2n) is 3.66. The smallest absolute Gasteiger partial charge is 0.319 e. The first-order valence-electron chi connectivity index (χ1n) is 5.05. The number of rotatable bonds is 5. The summed E-state index contributed by atoms with van der Waals surface area (Å²) in [6.07, 6.45) is 0.374. The predicted octanol–water partition coefficient (Wildman–Crippen LogP) is 0.840. The Balaban J connectivity index is 2.77. The van der Waals surface area contributed by atoms with Crippen LogP contribution in [0.25, 0.3) is 0 Å². The molecular formula is C10H16N2O3S. The maximum atomic E-state index is 11.8. The van der Waals surface area contributed by atoms with Gasteiger partial charge in [0, 0.05) is 17.8 Å². The van der Waals surface area contributed by atoms with Crippen LogP contribution in [0.15, 0.2) is 6.07 Å². The second-order valence-corrected chi connectivity index (χ2v) is 5.28. The van der Waals surface area contributed by atoms with Crippen molar-refractivity contribution in [1.82, 2.24) is 9.78 Å². The summed E-state index contributed by atoms with van der Waals surface area (Å²) in [5.74, 6) is -0.762. The van der Waals surface area contributed by atoms with E-state index in [1.165, 1.54) is 0 Å². The Labute approximate surface area is 96.9 Å². The molecule has 0 aromatic carbocycles. The highest BCUT2D eigenvalue weighted by atomic mass is 32.2. The number of hydrogen-bond acceptors (Lipinski definition) is 3. The third-order valence-corrected chi connectivity index (χ3v) is 4.10. The molecule has 1 aromatic heterocycles. The quantitative estimate of drug-likeness (QED) is 0.833. The van der Waals surface area contributed by atoms with Gasteiger partial charge >= 0.3 is 5.97 Å². The number of carboxylic acid groups (broad SMARTS) is 1. The number of aryl methyl sites for hydroxylation is 2. The van der Waals surface area contributed by atoms with Gasteiger partial charge in [-0.3, -0.25) is 13.7 Å². The minimum absolute atomic E-state index is 0.238. The number of nitrogens with zero attached hydrogens (tertiary/aromatic N) is 2. The van der Waals surface area contributed by atoms with Gasteiger partial charge in [0.1, 0.15) is 5.25 Å². The Morgan fingerprint density at radius 1 is 1.69 bits per heavy atom. The van der Waals surface area contributed by atoms with Crippen LogP contribution in [-0.2, 0) is 28.4 Å². The van der Waals surface area contributed by atoms with Crippen molar-refractivity contribution < 1.29 is 14.1 Å². The highest BCUT2D eigenvalue weighted by molar-refractivity contribution is 7.85. The Hall–Kier alpha value is -1.17. The van der Waals surface area contributed by atoms with Crippen molar-refractivity contribution in [3.8, 4) is 0 Å². The minimum Gasteiger partial charge on any atom is -0.480 e. The second kappa shape index (κ2) is 5.25. The Kier molecular flexibility index (Phi) is 4.23. The van der Waals surface area contributed by atoms with Crippen molar-refractivity contribution in [2.45, 2.75) is 31.3 Å². The summed E-state index contributed by atoms with van der Waals surface area (Å²) in [5, 5.41) is 12.2. The largest absolute Gasteiger partial charge is 0.480 e. The molecule has 0 saturated heterocycles. The van der Waals surface area contributed by atoms with Crippen molar-refractivity contribution in [2.24, 2.45) is 7.05 Å². The van der Waals surface area contributed by atoms with E-state index < -0.39 is 22.0 Å². The fourth-order valence-corrected chi connectivity index (χ4v) is 2.88. The number of hydrogen-bond donors (Lipinski definition) is 1. The summed E-state index contributed by atoms with van der Waals surface area (Å²) in [6, 6.07) is 1.83. The van der Waals surface area contributed by atoms with Gasteiger partial charge in [0.2, 0.25) is 0 Å². The zero-order chi connectivity index (χ0) is 12.3. The van der Waals surface area contributed by atoms with Crippen molar-refractivity contribution in [3.05, 3.63) is 17.5 Å². The molecule has 2 atom stereocenters. The molecule has 0 spiro atoms. The van der Waals surface area contributed by atoms with E-state index in [9.17, 15) is 9.00 Å². The molecule has 0 saturated carbocycles. The Bertz CT molecular complexity index is 414. The lowest BCUT2D eigenvalue weighted by Crippen LogP contribution is -2.26. The summed E-state index contributed by atoms with van der Waals surface area (Å²) in [4.78, 5) is 10.8. The minimum atomic E-state index is -1.40. The molecule has 0 aliphatic rings. The lowest BCUT2D eigenvalue weighted by atomic mass is 10.3. The third kappa shape index (κ3) is 2.91. The zero-order valence-electron chi connectivity index (χ0n) is 9.64. The van der Waals surface area contributed by atoms with Crippen LogP contribution in [0.2, 0.25) is 0 Å². The van der Waals surface area contributed by atoms with Gasteiger partial charge in [-0.15, -0.1) is 0 Å². The topological polar surface area (TPSA) is 72.2 Å². The molecule has 1 heterocycles. The normalized spacial score (nSPS) is 14.7. The molecule has 90 valence electrons. The van der Waals surface area contributed by atoms with Gasteiger partial charge in [-0.05, 0) is 19.4 Å². The molecule has 16 heavy (non-hydrogen) atoms. The van der Waals surface area contributed by atoms with Crippen molar-refractivity contribution in [3.63, 3.8) is 0 Å². The highest BCUT2D eigenvalue weighted by Crippen LogP contribution is 2.11. The van der Waals surface area contributed by atoms with Crippen LogP contribution in [0, 0.1) is 6.92 Å². The summed E-state index contributed by atoms with van der Waals surface area (Å²) in [6.45, 7) is 3.58. The van der Waals surface area contributed by atoms with Crippen LogP contribution in [-0.4, -0.2) is 30.3 Å². The molecule has 0 aliphatic carbocycles. The molecule has 1 N–H and O–H groups in total. The van der Waals surface area contributed by atoms with Gasteiger partial charge in [0.25, 0.3) is 0 Å². The van der Waals surface area contributed by atoms with E-state index in [0.29, 0.717) is 6.42 Å². The third-order valence-electron chi connectivity index (χ3n) is 2.35. The van der Waals surface area contributed by atoms with Gasteiger partial charge in [-0.25, -0.2) is 0 Å². The van der Waals surface area contributed by atoms with E-state index in [0.717, 1.165) is 11.4 Å². The van der Waals surface area contributed by atoms with Crippen LogP contribution >= 0.6 is 0 Å².